The zero-order valence-corrected chi connectivity index (χ0v) is 10.7. The first-order valence-corrected chi connectivity index (χ1v) is 6.17. The molecule has 0 amide bonds. The van der Waals surface area contributed by atoms with Crippen LogP contribution >= 0.6 is 0 Å². The Morgan fingerprint density at radius 1 is 1.67 bits per heavy atom. The molecule has 18 heavy (non-hydrogen) atoms. The SMILES string of the molecule is CCC1COCCN1c1cc(C)ncc1C(=O)O. The number of carboxylic acid groups (broad SMARTS) is 1. The standard InChI is InChI=1S/C13H18N2O3/c1-3-10-8-18-5-4-15(10)12-6-9(2)14-7-11(12)13(16)17/h6-7,10H,3-5,8H2,1-2H3,(H,16,17). The van der Waals surface area contributed by atoms with E-state index in [4.69, 9.17) is 4.74 Å². The van der Waals surface area contributed by atoms with Crippen LogP contribution in [0.4, 0.5) is 5.69 Å². The highest BCUT2D eigenvalue weighted by Gasteiger charge is 2.25. The van der Waals surface area contributed by atoms with E-state index < -0.39 is 5.97 Å². The predicted octanol–water partition coefficient (Wildman–Crippen LogP) is 1.70. The molecule has 1 unspecified atom stereocenters. The molecular formula is C13H18N2O3. The third kappa shape index (κ3) is 2.46. The van der Waals surface area contributed by atoms with Gasteiger partial charge >= 0.3 is 5.97 Å². The molecular weight excluding hydrogens is 232 g/mol. The summed E-state index contributed by atoms with van der Waals surface area (Å²) in [6.07, 6.45) is 2.37. The van der Waals surface area contributed by atoms with Crippen molar-refractivity contribution in [3.05, 3.63) is 23.5 Å². The number of aryl methyl sites for hydroxylation is 1. The number of ether oxygens (including phenoxy) is 1. The van der Waals surface area contributed by atoms with Crippen LogP contribution in [0.1, 0.15) is 29.4 Å². The van der Waals surface area contributed by atoms with Crippen molar-refractivity contribution < 1.29 is 14.6 Å². The summed E-state index contributed by atoms with van der Waals surface area (Å²) in [5, 5.41) is 9.25. The van der Waals surface area contributed by atoms with Crippen LogP contribution in [-0.2, 0) is 4.74 Å². The minimum Gasteiger partial charge on any atom is -0.478 e. The van der Waals surface area contributed by atoms with Crippen molar-refractivity contribution in [3.63, 3.8) is 0 Å². The zero-order chi connectivity index (χ0) is 13.1. The monoisotopic (exact) mass is 250 g/mol. The van der Waals surface area contributed by atoms with Crippen molar-refractivity contribution in [2.24, 2.45) is 0 Å². The summed E-state index contributed by atoms with van der Waals surface area (Å²) in [4.78, 5) is 17.5. The molecule has 0 radical (unpaired) electrons. The summed E-state index contributed by atoms with van der Waals surface area (Å²) in [6.45, 7) is 5.97. The number of carbonyl (C=O) groups is 1. The molecule has 1 aliphatic rings. The highest BCUT2D eigenvalue weighted by atomic mass is 16.5. The topological polar surface area (TPSA) is 62.7 Å². The molecule has 0 spiro atoms. The summed E-state index contributed by atoms with van der Waals surface area (Å²) in [6, 6.07) is 2.08. The van der Waals surface area contributed by atoms with E-state index >= 15 is 0 Å². The number of carboxylic acids is 1. The van der Waals surface area contributed by atoms with Gasteiger partial charge in [-0.1, -0.05) is 6.92 Å². The second kappa shape index (κ2) is 5.35. The third-order valence-electron chi connectivity index (χ3n) is 3.26. The largest absolute Gasteiger partial charge is 0.478 e. The van der Waals surface area contributed by atoms with Crippen LogP contribution in [0, 0.1) is 6.92 Å². The van der Waals surface area contributed by atoms with Crippen molar-refractivity contribution in [1.82, 2.24) is 4.98 Å². The van der Waals surface area contributed by atoms with E-state index in [1.54, 1.807) is 0 Å². The van der Waals surface area contributed by atoms with Gasteiger partial charge in [0.1, 0.15) is 5.56 Å². The van der Waals surface area contributed by atoms with Crippen LogP contribution in [0.25, 0.3) is 0 Å². The Morgan fingerprint density at radius 2 is 2.44 bits per heavy atom. The lowest BCUT2D eigenvalue weighted by atomic mass is 10.1. The van der Waals surface area contributed by atoms with Crippen LogP contribution in [0.2, 0.25) is 0 Å². The Kier molecular flexibility index (Phi) is 3.81. The highest BCUT2D eigenvalue weighted by molar-refractivity contribution is 5.94. The maximum Gasteiger partial charge on any atom is 0.339 e. The van der Waals surface area contributed by atoms with Gasteiger partial charge in [0.15, 0.2) is 0 Å². The molecule has 5 nitrogen and oxygen atoms in total. The molecule has 98 valence electrons. The van der Waals surface area contributed by atoms with E-state index in [1.165, 1.54) is 6.20 Å². The van der Waals surface area contributed by atoms with E-state index in [1.807, 2.05) is 13.0 Å². The van der Waals surface area contributed by atoms with E-state index in [-0.39, 0.29) is 11.6 Å². The molecule has 5 heteroatoms. The quantitative estimate of drug-likeness (QED) is 0.884. The number of morpholine rings is 1. The molecule has 1 atom stereocenters. The molecule has 0 aromatic carbocycles. The van der Waals surface area contributed by atoms with Crippen LogP contribution in [0.5, 0.6) is 0 Å². The fourth-order valence-corrected chi connectivity index (χ4v) is 2.26. The van der Waals surface area contributed by atoms with Crippen LogP contribution < -0.4 is 4.90 Å². The predicted molar refractivity (Wildman–Crippen MR) is 68.2 cm³/mol. The molecule has 1 N–H and O–H groups in total. The number of aromatic nitrogens is 1. The third-order valence-corrected chi connectivity index (χ3v) is 3.26. The molecule has 1 aromatic heterocycles. The molecule has 1 aliphatic heterocycles. The molecule has 2 heterocycles. The Morgan fingerprint density at radius 3 is 3.11 bits per heavy atom. The summed E-state index contributed by atoms with van der Waals surface area (Å²) in [5.41, 5.74) is 1.85. The van der Waals surface area contributed by atoms with Gasteiger partial charge in [-0.2, -0.15) is 0 Å². The summed E-state index contributed by atoms with van der Waals surface area (Å²) in [7, 11) is 0. The van der Waals surface area contributed by atoms with Crippen molar-refractivity contribution in [3.8, 4) is 0 Å². The maximum absolute atomic E-state index is 11.3. The van der Waals surface area contributed by atoms with Crippen molar-refractivity contribution in [1.29, 1.82) is 0 Å². The first-order valence-electron chi connectivity index (χ1n) is 6.17. The summed E-state index contributed by atoms with van der Waals surface area (Å²) < 4.78 is 5.45. The molecule has 1 aromatic rings. The van der Waals surface area contributed by atoms with Crippen LogP contribution in [-0.4, -0.2) is 41.9 Å². The van der Waals surface area contributed by atoms with Crippen molar-refractivity contribution in [2.75, 3.05) is 24.7 Å². The molecule has 1 saturated heterocycles. The van der Waals surface area contributed by atoms with Gasteiger partial charge in [-0.25, -0.2) is 4.79 Å². The Labute approximate surface area is 106 Å². The molecule has 0 aliphatic carbocycles. The van der Waals surface area contributed by atoms with Gasteiger partial charge in [0, 0.05) is 18.4 Å². The first-order chi connectivity index (χ1) is 8.63. The van der Waals surface area contributed by atoms with Gasteiger partial charge in [0.05, 0.1) is 24.9 Å². The number of anilines is 1. The van der Waals surface area contributed by atoms with E-state index in [2.05, 4.69) is 16.8 Å². The van der Waals surface area contributed by atoms with E-state index in [9.17, 15) is 9.90 Å². The van der Waals surface area contributed by atoms with Crippen LogP contribution in [0.3, 0.4) is 0 Å². The summed E-state index contributed by atoms with van der Waals surface area (Å²) in [5.74, 6) is -0.932. The van der Waals surface area contributed by atoms with Crippen LogP contribution in [0.15, 0.2) is 12.3 Å². The lowest BCUT2D eigenvalue weighted by Gasteiger charge is -2.37. The number of aromatic carboxylic acids is 1. The molecule has 1 fully saturated rings. The van der Waals surface area contributed by atoms with E-state index in [0.29, 0.717) is 13.2 Å². The van der Waals surface area contributed by atoms with Gasteiger partial charge in [-0.15, -0.1) is 0 Å². The fraction of sp³-hybridized carbons (Fsp3) is 0.538. The van der Waals surface area contributed by atoms with Gasteiger partial charge in [-0.05, 0) is 19.4 Å². The summed E-state index contributed by atoms with van der Waals surface area (Å²) >= 11 is 0. The second-order valence-electron chi connectivity index (χ2n) is 4.48. The smallest absolute Gasteiger partial charge is 0.339 e. The van der Waals surface area contributed by atoms with E-state index in [0.717, 1.165) is 24.3 Å². The average Bonchev–Trinajstić information content (AvgIpc) is 2.38. The number of rotatable bonds is 3. The lowest BCUT2D eigenvalue weighted by molar-refractivity contribution is 0.0693. The zero-order valence-electron chi connectivity index (χ0n) is 10.7. The number of nitrogens with zero attached hydrogens (tertiary/aromatic N) is 2. The van der Waals surface area contributed by atoms with Gasteiger partial charge < -0.3 is 14.7 Å². The first kappa shape index (κ1) is 12.8. The Bertz CT molecular complexity index is 448. The number of pyridine rings is 1. The molecule has 0 bridgehead atoms. The maximum atomic E-state index is 11.3. The lowest BCUT2D eigenvalue weighted by Crippen LogP contribution is -2.45. The van der Waals surface area contributed by atoms with Crippen molar-refractivity contribution >= 4 is 11.7 Å². The Balaban J connectivity index is 2.41. The second-order valence-corrected chi connectivity index (χ2v) is 4.48. The number of hydrogen-bond donors (Lipinski definition) is 1. The van der Waals surface area contributed by atoms with Gasteiger partial charge in [0.25, 0.3) is 0 Å². The number of hydrogen-bond acceptors (Lipinski definition) is 4. The van der Waals surface area contributed by atoms with Gasteiger partial charge in [0.2, 0.25) is 0 Å². The average molecular weight is 250 g/mol. The normalized spacial score (nSPS) is 19.9. The highest BCUT2D eigenvalue weighted by Crippen LogP contribution is 2.26. The minimum absolute atomic E-state index is 0.235. The van der Waals surface area contributed by atoms with Crippen molar-refractivity contribution in [2.45, 2.75) is 26.3 Å². The fourth-order valence-electron chi connectivity index (χ4n) is 2.26. The Hall–Kier alpha value is -1.62. The molecule has 2 rings (SSSR count). The minimum atomic E-state index is -0.932. The molecule has 0 saturated carbocycles. The van der Waals surface area contributed by atoms with Gasteiger partial charge in [-0.3, -0.25) is 4.98 Å².